The van der Waals surface area contributed by atoms with Crippen molar-refractivity contribution < 1.29 is 4.79 Å². The predicted octanol–water partition coefficient (Wildman–Crippen LogP) is 2.13. The van der Waals surface area contributed by atoms with Crippen molar-refractivity contribution in [3.63, 3.8) is 0 Å². The zero-order valence-electron chi connectivity index (χ0n) is 10.3. The molecular formula is C13H19N3O. The summed E-state index contributed by atoms with van der Waals surface area (Å²) in [5.74, 6) is 0.637. The minimum Gasteiger partial charge on any atom is -0.340 e. The highest BCUT2D eigenvalue weighted by atomic mass is 16.2. The first-order valence-corrected chi connectivity index (χ1v) is 6.29. The van der Waals surface area contributed by atoms with Gasteiger partial charge in [0.05, 0.1) is 6.20 Å². The Hall–Kier alpha value is -1.45. The summed E-state index contributed by atoms with van der Waals surface area (Å²) in [5.41, 5.74) is 0.436. The van der Waals surface area contributed by atoms with Gasteiger partial charge < -0.3 is 4.90 Å². The molecule has 0 N–H and O–H groups in total. The van der Waals surface area contributed by atoms with Gasteiger partial charge in [-0.2, -0.15) is 0 Å². The number of rotatable bonds is 3. The van der Waals surface area contributed by atoms with Crippen LogP contribution >= 0.6 is 0 Å². The number of aromatic nitrogens is 2. The SMILES string of the molecule is CN(CC1CCCCC1)C(=O)c1cnccn1. The number of amides is 1. The summed E-state index contributed by atoms with van der Waals surface area (Å²) in [6.45, 7) is 0.843. The van der Waals surface area contributed by atoms with Crippen molar-refractivity contribution in [3.05, 3.63) is 24.3 Å². The highest BCUT2D eigenvalue weighted by molar-refractivity contribution is 5.91. The van der Waals surface area contributed by atoms with Crippen molar-refractivity contribution in [1.82, 2.24) is 14.9 Å². The standard InChI is InChI=1S/C13H19N3O/c1-16(10-11-5-3-2-4-6-11)13(17)12-9-14-7-8-15-12/h7-9,11H,2-6,10H2,1H3. The summed E-state index contributed by atoms with van der Waals surface area (Å²) < 4.78 is 0. The Kier molecular flexibility index (Phi) is 4.07. The van der Waals surface area contributed by atoms with Crippen molar-refractivity contribution in [1.29, 1.82) is 0 Å². The number of carbonyl (C=O) groups excluding carboxylic acids is 1. The van der Waals surface area contributed by atoms with Crippen LogP contribution in [-0.4, -0.2) is 34.4 Å². The molecule has 1 aliphatic carbocycles. The Bertz CT molecular complexity index is 360. The molecule has 1 aromatic rings. The van der Waals surface area contributed by atoms with Gasteiger partial charge in [-0.15, -0.1) is 0 Å². The van der Waals surface area contributed by atoms with Crippen molar-refractivity contribution in [2.45, 2.75) is 32.1 Å². The maximum absolute atomic E-state index is 12.0. The van der Waals surface area contributed by atoms with Crippen LogP contribution in [0.5, 0.6) is 0 Å². The Morgan fingerprint density at radius 3 is 2.76 bits per heavy atom. The van der Waals surface area contributed by atoms with Crippen LogP contribution < -0.4 is 0 Å². The molecule has 4 heteroatoms. The quantitative estimate of drug-likeness (QED) is 0.803. The summed E-state index contributed by atoms with van der Waals surface area (Å²) in [6, 6.07) is 0. The fourth-order valence-electron chi connectivity index (χ4n) is 2.45. The molecule has 0 aliphatic heterocycles. The first-order chi connectivity index (χ1) is 8.27. The van der Waals surface area contributed by atoms with E-state index in [4.69, 9.17) is 0 Å². The molecule has 1 amide bonds. The van der Waals surface area contributed by atoms with E-state index in [1.54, 1.807) is 17.3 Å². The van der Waals surface area contributed by atoms with E-state index in [-0.39, 0.29) is 5.91 Å². The Balaban J connectivity index is 1.91. The number of hydrogen-bond acceptors (Lipinski definition) is 3. The molecule has 4 nitrogen and oxygen atoms in total. The van der Waals surface area contributed by atoms with Crippen molar-refractivity contribution in [2.75, 3.05) is 13.6 Å². The van der Waals surface area contributed by atoms with E-state index in [1.807, 2.05) is 7.05 Å². The lowest BCUT2D eigenvalue weighted by Gasteiger charge is -2.26. The minimum atomic E-state index is -0.0244. The van der Waals surface area contributed by atoms with Gasteiger partial charge in [0.25, 0.3) is 5.91 Å². The van der Waals surface area contributed by atoms with Crippen LogP contribution in [0.15, 0.2) is 18.6 Å². The second-order valence-corrected chi connectivity index (χ2v) is 4.78. The highest BCUT2D eigenvalue weighted by Gasteiger charge is 2.19. The third-order valence-electron chi connectivity index (χ3n) is 3.39. The molecule has 0 bridgehead atoms. The zero-order valence-corrected chi connectivity index (χ0v) is 10.3. The van der Waals surface area contributed by atoms with Gasteiger partial charge in [-0.25, -0.2) is 4.98 Å². The van der Waals surface area contributed by atoms with Gasteiger partial charge in [-0.05, 0) is 18.8 Å². The lowest BCUT2D eigenvalue weighted by molar-refractivity contribution is 0.0754. The van der Waals surface area contributed by atoms with E-state index >= 15 is 0 Å². The van der Waals surface area contributed by atoms with Crippen LogP contribution in [0.3, 0.4) is 0 Å². The number of hydrogen-bond donors (Lipinski definition) is 0. The average Bonchev–Trinajstić information content (AvgIpc) is 2.40. The predicted molar refractivity (Wildman–Crippen MR) is 65.6 cm³/mol. The molecule has 0 saturated heterocycles. The molecule has 1 aromatic heterocycles. The van der Waals surface area contributed by atoms with Crippen molar-refractivity contribution >= 4 is 5.91 Å². The Morgan fingerprint density at radius 1 is 1.35 bits per heavy atom. The lowest BCUT2D eigenvalue weighted by Crippen LogP contribution is -2.33. The molecule has 1 fully saturated rings. The van der Waals surface area contributed by atoms with E-state index in [0.717, 1.165) is 6.54 Å². The third kappa shape index (κ3) is 3.25. The Labute approximate surface area is 102 Å². The van der Waals surface area contributed by atoms with Crippen LogP contribution in [0.25, 0.3) is 0 Å². The van der Waals surface area contributed by atoms with Gasteiger partial charge in [-0.1, -0.05) is 19.3 Å². The van der Waals surface area contributed by atoms with Gasteiger partial charge in [0, 0.05) is 26.0 Å². The largest absolute Gasteiger partial charge is 0.340 e. The molecule has 0 unspecified atom stereocenters. The van der Waals surface area contributed by atoms with Gasteiger partial charge in [0.1, 0.15) is 5.69 Å². The summed E-state index contributed by atoms with van der Waals surface area (Å²) in [6.07, 6.45) is 11.1. The van der Waals surface area contributed by atoms with Crippen LogP contribution in [0, 0.1) is 5.92 Å². The average molecular weight is 233 g/mol. The molecule has 0 radical (unpaired) electrons. The van der Waals surface area contributed by atoms with Crippen LogP contribution in [0.4, 0.5) is 0 Å². The van der Waals surface area contributed by atoms with Crippen LogP contribution in [-0.2, 0) is 0 Å². The normalized spacial score (nSPS) is 16.8. The first-order valence-electron chi connectivity index (χ1n) is 6.29. The molecule has 17 heavy (non-hydrogen) atoms. The van der Waals surface area contributed by atoms with Crippen molar-refractivity contribution in [3.8, 4) is 0 Å². The molecular weight excluding hydrogens is 214 g/mol. The first kappa shape index (κ1) is 12.0. The maximum Gasteiger partial charge on any atom is 0.273 e. The van der Waals surface area contributed by atoms with E-state index < -0.39 is 0 Å². The van der Waals surface area contributed by atoms with Crippen molar-refractivity contribution in [2.24, 2.45) is 5.92 Å². The smallest absolute Gasteiger partial charge is 0.273 e. The molecule has 1 aliphatic rings. The van der Waals surface area contributed by atoms with E-state index in [0.29, 0.717) is 11.6 Å². The van der Waals surface area contributed by atoms with Gasteiger partial charge in [0.15, 0.2) is 0 Å². The summed E-state index contributed by atoms with van der Waals surface area (Å²) in [5, 5.41) is 0. The molecule has 1 heterocycles. The maximum atomic E-state index is 12.0. The fraction of sp³-hybridized carbons (Fsp3) is 0.615. The second-order valence-electron chi connectivity index (χ2n) is 4.78. The number of carbonyl (C=O) groups is 1. The molecule has 0 aromatic carbocycles. The van der Waals surface area contributed by atoms with Crippen LogP contribution in [0.1, 0.15) is 42.6 Å². The van der Waals surface area contributed by atoms with Gasteiger partial charge in [0.2, 0.25) is 0 Å². The van der Waals surface area contributed by atoms with Gasteiger partial charge >= 0.3 is 0 Å². The van der Waals surface area contributed by atoms with Crippen LogP contribution in [0.2, 0.25) is 0 Å². The molecule has 0 spiro atoms. The topological polar surface area (TPSA) is 46.1 Å². The second kappa shape index (κ2) is 5.75. The fourth-order valence-corrected chi connectivity index (χ4v) is 2.45. The molecule has 2 rings (SSSR count). The van der Waals surface area contributed by atoms with E-state index in [1.165, 1.54) is 38.3 Å². The zero-order chi connectivity index (χ0) is 12.1. The third-order valence-corrected chi connectivity index (χ3v) is 3.39. The minimum absolute atomic E-state index is 0.0244. The monoisotopic (exact) mass is 233 g/mol. The Morgan fingerprint density at radius 2 is 2.12 bits per heavy atom. The summed E-state index contributed by atoms with van der Waals surface area (Å²) in [4.78, 5) is 21.8. The summed E-state index contributed by atoms with van der Waals surface area (Å²) in [7, 11) is 1.85. The molecule has 92 valence electrons. The lowest BCUT2D eigenvalue weighted by atomic mass is 9.89. The van der Waals surface area contributed by atoms with Gasteiger partial charge in [-0.3, -0.25) is 9.78 Å². The van der Waals surface area contributed by atoms with E-state index in [2.05, 4.69) is 9.97 Å². The summed E-state index contributed by atoms with van der Waals surface area (Å²) >= 11 is 0. The van der Waals surface area contributed by atoms with E-state index in [9.17, 15) is 4.79 Å². The highest BCUT2D eigenvalue weighted by Crippen LogP contribution is 2.24. The molecule has 0 atom stereocenters. The molecule has 1 saturated carbocycles. The number of nitrogens with zero attached hydrogens (tertiary/aromatic N) is 3.